The molecule has 1 aliphatic rings. The lowest BCUT2D eigenvalue weighted by Gasteiger charge is -2.14. The van der Waals surface area contributed by atoms with Gasteiger partial charge in [-0.1, -0.05) is 35.6 Å². The SMILES string of the molecule is O=C1/C(=C\c2ccc(-c3ccc([N+](=O)[O-])cc3)o2)SC(=S)N1c1ccc(Cl)cc1. The number of nitrogens with zero attached hydrogens (tertiary/aromatic N) is 2. The second-order valence-corrected chi connectivity index (χ2v) is 8.11. The molecule has 0 unspecified atom stereocenters. The summed E-state index contributed by atoms with van der Waals surface area (Å²) in [6, 6.07) is 16.4. The highest BCUT2D eigenvalue weighted by Gasteiger charge is 2.33. The number of hydrogen-bond acceptors (Lipinski definition) is 6. The van der Waals surface area contributed by atoms with Crippen LogP contribution in [-0.2, 0) is 4.79 Å². The Morgan fingerprint density at radius 2 is 1.76 bits per heavy atom. The van der Waals surface area contributed by atoms with Gasteiger partial charge in [0.15, 0.2) is 4.32 Å². The summed E-state index contributed by atoms with van der Waals surface area (Å²) in [5, 5.41) is 11.3. The Morgan fingerprint density at radius 3 is 2.41 bits per heavy atom. The molecule has 2 aromatic carbocycles. The van der Waals surface area contributed by atoms with Crippen molar-refractivity contribution in [2.24, 2.45) is 0 Å². The van der Waals surface area contributed by atoms with E-state index in [1.54, 1.807) is 54.6 Å². The molecule has 4 rings (SSSR count). The summed E-state index contributed by atoms with van der Waals surface area (Å²) in [6.07, 6.45) is 1.63. The topological polar surface area (TPSA) is 76.6 Å². The summed E-state index contributed by atoms with van der Waals surface area (Å²) in [5.74, 6) is 0.782. The smallest absolute Gasteiger partial charge is 0.270 e. The van der Waals surface area contributed by atoms with Crippen LogP contribution in [0, 0.1) is 10.1 Å². The van der Waals surface area contributed by atoms with Gasteiger partial charge in [-0.3, -0.25) is 19.8 Å². The van der Waals surface area contributed by atoms with Crippen molar-refractivity contribution in [2.75, 3.05) is 4.90 Å². The minimum Gasteiger partial charge on any atom is -0.457 e. The molecule has 0 atom stereocenters. The maximum absolute atomic E-state index is 12.8. The highest BCUT2D eigenvalue weighted by molar-refractivity contribution is 8.27. The summed E-state index contributed by atoms with van der Waals surface area (Å²) in [5.41, 5.74) is 1.35. The molecule has 0 spiro atoms. The number of rotatable bonds is 4. The molecule has 0 N–H and O–H groups in total. The highest BCUT2D eigenvalue weighted by Crippen LogP contribution is 2.37. The normalized spacial score (nSPS) is 15.3. The van der Waals surface area contributed by atoms with Crippen molar-refractivity contribution in [3.8, 4) is 11.3 Å². The lowest BCUT2D eigenvalue weighted by atomic mass is 10.1. The average Bonchev–Trinajstić information content (AvgIpc) is 3.28. The minimum absolute atomic E-state index is 0.00593. The molecule has 1 aromatic heterocycles. The number of nitro groups is 1. The number of amides is 1. The van der Waals surface area contributed by atoms with Gasteiger partial charge < -0.3 is 4.42 Å². The van der Waals surface area contributed by atoms with Gasteiger partial charge in [-0.15, -0.1) is 0 Å². The summed E-state index contributed by atoms with van der Waals surface area (Å²) in [4.78, 5) is 25.0. The second-order valence-electron chi connectivity index (χ2n) is 6.00. The number of anilines is 1. The zero-order valence-electron chi connectivity index (χ0n) is 14.6. The number of halogens is 1. The summed E-state index contributed by atoms with van der Waals surface area (Å²) in [7, 11) is 0. The zero-order chi connectivity index (χ0) is 20.5. The van der Waals surface area contributed by atoms with Gasteiger partial charge in [0.25, 0.3) is 11.6 Å². The summed E-state index contributed by atoms with van der Waals surface area (Å²) < 4.78 is 6.20. The second kappa shape index (κ2) is 7.82. The predicted molar refractivity (Wildman–Crippen MR) is 118 cm³/mol. The molecule has 29 heavy (non-hydrogen) atoms. The van der Waals surface area contributed by atoms with Crippen LogP contribution in [0.3, 0.4) is 0 Å². The number of nitro benzene ring substituents is 1. The van der Waals surface area contributed by atoms with Crippen molar-refractivity contribution in [3.63, 3.8) is 0 Å². The molecule has 0 bridgehead atoms. The van der Waals surface area contributed by atoms with E-state index in [1.807, 2.05) is 0 Å². The van der Waals surface area contributed by atoms with Crippen molar-refractivity contribution in [3.05, 3.63) is 86.5 Å². The van der Waals surface area contributed by atoms with Crippen LogP contribution < -0.4 is 4.90 Å². The van der Waals surface area contributed by atoms with Gasteiger partial charge in [-0.2, -0.15) is 0 Å². The molecule has 1 saturated heterocycles. The van der Waals surface area contributed by atoms with E-state index in [1.165, 1.54) is 28.8 Å². The third kappa shape index (κ3) is 3.95. The van der Waals surface area contributed by atoms with Crippen molar-refractivity contribution >= 4 is 63.3 Å². The molecule has 2 heterocycles. The standard InChI is InChI=1S/C20H11ClN2O4S2/c21-13-3-7-14(8-4-13)22-19(24)18(29-20(22)28)11-16-9-10-17(27-16)12-1-5-15(6-2-12)23(25)26/h1-11H/b18-11+. The third-order valence-electron chi connectivity index (χ3n) is 4.14. The Hall–Kier alpha value is -2.94. The average molecular weight is 443 g/mol. The Labute approximate surface area is 179 Å². The fraction of sp³-hybridized carbons (Fsp3) is 0. The number of thiocarbonyl (C=S) groups is 1. The number of non-ortho nitro benzene ring substituents is 1. The van der Waals surface area contributed by atoms with Crippen LogP contribution >= 0.6 is 35.6 Å². The number of carbonyl (C=O) groups is 1. The number of hydrogen-bond donors (Lipinski definition) is 0. The van der Waals surface area contributed by atoms with E-state index in [0.29, 0.717) is 37.0 Å². The van der Waals surface area contributed by atoms with Crippen molar-refractivity contribution < 1.29 is 14.1 Å². The fourth-order valence-corrected chi connectivity index (χ4v) is 4.15. The predicted octanol–water partition coefficient (Wildman–Crippen LogP) is 5.91. The van der Waals surface area contributed by atoms with Crippen LogP contribution in [0.5, 0.6) is 0 Å². The molecule has 1 amide bonds. The van der Waals surface area contributed by atoms with Gasteiger partial charge in [0.2, 0.25) is 0 Å². The third-order valence-corrected chi connectivity index (χ3v) is 5.70. The molecule has 9 heteroatoms. The zero-order valence-corrected chi connectivity index (χ0v) is 17.0. The Balaban J connectivity index is 1.57. The number of carbonyl (C=O) groups excluding carboxylic acids is 1. The monoisotopic (exact) mass is 442 g/mol. The van der Waals surface area contributed by atoms with Crippen molar-refractivity contribution in [1.82, 2.24) is 0 Å². The van der Waals surface area contributed by atoms with Gasteiger partial charge in [0.1, 0.15) is 11.5 Å². The lowest BCUT2D eigenvalue weighted by molar-refractivity contribution is -0.384. The van der Waals surface area contributed by atoms with Crippen LogP contribution in [-0.4, -0.2) is 15.2 Å². The summed E-state index contributed by atoms with van der Waals surface area (Å²) in [6.45, 7) is 0. The van der Waals surface area contributed by atoms with E-state index in [9.17, 15) is 14.9 Å². The molecule has 1 aliphatic heterocycles. The quantitative estimate of drug-likeness (QED) is 0.216. The maximum atomic E-state index is 12.8. The van der Waals surface area contributed by atoms with E-state index in [4.69, 9.17) is 28.2 Å². The van der Waals surface area contributed by atoms with E-state index in [0.717, 1.165) is 0 Å². The first-order valence-corrected chi connectivity index (χ1v) is 9.91. The van der Waals surface area contributed by atoms with Gasteiger partial charge in [-0.05, 0) is 48.5 Å². The molecule has 1 fully saturated rings. The first-order valence-electron chi connectivity index (χ1n) is 8.30. The van der Waals surface area contributed by atoms with Gasteiger partial charge in [0, 0.05) is 28.8 Å². The maximum Gasteiger partial charge on any atom is 0.270 e. The molecular formula is C20H11ClN2O4S2. The number of furan rings is 1. The van der Waals surface area contributed by atoms with Crippen LogP contribution in [0.4, 0.5) is 11.4 Å². The molecule has 0 radical (unpaired) electrons. The van der Waals surface area contributed by atoms with Crippen LogP contribution in [0.15, 0.2) is 70.0 Å². The van der Waals surface area contributed by atoms with Gasteiger partial charge in [0.05, 0.1) is 15.5 Å². The largest absolute Gasteiger partial charge is 0.457 e. The van der Waals surface area contributed by atoms with Crippen molar-refractivity contribution in [2.45, 2.75) is 0 Å². The number of thioether (sulfide) groups is 1. The Morgan fingerprint density at radius 1 is 1.07 bits per heavy atom. The van der Waals surface area contributed by atoms with Crippen LogP contribution in [0.25, 0.3) is 17.4 Å². The van der Waals surface area contributed by atoms with E-state index >= 15 is 0 Å². The van der Waals surface area contributed by atoms with E-state index in [-0.39, 0.29) is 11.6 Å². The number of benzene rings is 2. The van der Waals surface area contributed by atoms with Gasteiger partial charge in [-0.25, -0.2) is 0 Å². The Kier molecular flexibility index (Phi) is 5.23. The minimum atomic E-state index is -0.458. The molecule has 0 saturated carbocycles. The summed E-state index contributed by atoms with van der Waals surface area (Å²) >= 11 is 12.4. The van der Waals surface area contributed by atoms with E-state index in [2.05, 4.69) is 0 Å². The molecule has 3 aromatic rings. The lowest BCUT2D eigenvalue weighted by Crippen LogP contribution is -2.27. The molecule has 144 valence electrons. The highest BCUT2D eigenvalue weighted by atomic mass is 35.5. The van der Waals surface area contributed by atoms with E-state index < -0.39 is 4.92 Å². The first kappa shape index (κ1) is 19.4. The fourth-order valence-electron chi connectivity index (χ4n) is 2.74. The first-order chi connectivity index (χ1) is 13.9. The van der Waals surface area contributed by atoms with Crippen molar-refractivity contribution in [1.29, 1.82) is 0 Å². The Bertz CT molecular complexity index is 1150. The van der Waals surface area contributed by atoms with Gasteiger partial charge >= 0.3 is 0 Å². The molecule has 6 nitrogen and oxygen atoms in total. The van der Waals surface area contributed by atoms with Crippen LogP contribution in [0.1, 0.15) is 5.76 Å². The molecular weight excluding hydrogens is 432 g/mol. The van der Waals surface area contributed by atoms with Crippen LogP contribution in [0.2, 0.25) is 5.02 Å². The molecule has 0 aliphatic carbocycles.